The maximum atomic E-state index is 13.3. The van der Waals surface area contributed by atoms with E-state index < -0.39 is 30.7 Å². The number of halogens is 3. The Morgan fingerprint density at radius 3 is 2.53 bits per heavy atom. The van der Waals surface area contributed by atoms with Crippen molar-refractivity contribution in [2.75, 3.05) is 12.4 Å². The Hall–Kier alpha value is -3.66. The molecule has 1 N–H and O–H groups in total. The first-order valence-electron chi connectivity index (χ1n) is 10.0. The molecule has 34 heavy (non-hydrogen) atoms. The lowest BCUT2D eigenvalue weighted by molar-refractivity contribution is -0.0498. The molecule has 1 unspecified atom stereocenters. The minimum atomic E-state index is -2.96. The van der Waals surface area contributed by atoms with Crippen molar-refractivity contribution in [3.05, 3.63) is 82.3 Å². The molecule has 1 aliphatic rings. The Kier molecular flexibility index (Phi) is 6.97. The zero-order chi connectivity index (χ0) is 24.2. The number of Topliss-reactive ketones (excluding diaryl/α,β-unsaturated/α-hetero) is 1. The van der Waals surface area contributed by atoms with Gasteiger partial charge in [0.1, 0.15) is 17.2 Å². The average Bonchev–Trinajstić information content (AvgIpc) is 2.82. The minimum Gasteiger partial charge on any atom is -0.497 e. The maximum Gasteiger partial charge on any atom is 0.412 e. The lowest BCUT2D eigenvalue weighted by Gasteiger charge is -2.32. The summed E-state index contributed by atoms with van der Waals surface area (Å²) < 4.78 is 46.4. The van der Waals surface area contributed by atoms with Crippen LogP contribution >= 0.6 is 15.9 Å². The van der Waals surface area contributed by atoms with Crippen LogP contribution in [0.5, 0.6) is 17.2 Å². The molecule has 10 heteroatoms. The number of methoxy groups -OCH3 is 1. The molecule has 4 rings (SSSR count). The first kappa shape index (κ1) is 23.5. The number of hydrogen-bond donors (Lipinski definition) is 1. The van der Waals surface area contributed by atoms with E-state index in [4.69, 9.17) is 14.2 Å². The summed E-state index contributed by atoms with van der Waals surface area (Å²) in [4.78, 5) is 26.0. The van der Waals surface area contributed by atoms with Crippen LogP contribution in [0.3, 0.4) is 0 Å². The van der Waals surface area contributed by atoms with Crippen LogP contribution in [0, 0.1) is 0 Å². The molecule has 3 aromatic rings. The van der Waals surface area contributed by atoms with Gasteiger partial charge in [0.15, 0.2) is 6.10 Å². The van der Waals surface area contributed by atoms with Crippen molar-refractivity contribution in [3.63, 3.8) is 0 Å². The predicted molar refractivity (Wildman–Crippen MR) is 122 cm³/mol. The van der Waals surface area contributed by atoms with Gasteiger partial charge in [-0.2, -0.15) is 8.78 Å². The van der Waals surface area contributed by atoms with Crippen LogP contribution in [-0.4, -0.2) is 31.7 Å². The second-order valence-electron chi connectivity index (χ2n) is 7.17. The molecule has 1 heterocycles. The van der Waals surface area contributed by atoms with E-state index in [1.165, 1.54) is 31.4 Å². The first-order chi connectivity index (χ1) is 16.3. The summed E-state index contributed by atoms with van der Waals surface area (Å²) in [5.74, 6) is 0.400. The lowest BCUT2D eigenvalue weighted by Crippen LogP contribution is -2.40. The third kappa shape index (κ3) is 5.28. The summed E-state index contributed by atoms with van der Waals surface area (Å²) >= 11 is 3.33. The van der Waals surface area contributed by atoms with Gasteiger partial charge >= 0.3 is 12.7 Å². The van der Waals surface area contributed by atoms with Gasteiger partial charge in [0.25, 0.3) is 0 Å². The molecule has 1 aliphatic heterocycles. The number of fused-ring (bicyclic) bond motifs is 1. The number of alkyl halides is 2. The molecule has 0 aromatic heterocycles. The zero-order valence-electron chi connectivity index (χ0n) is 17.7. The smallest absolute Gasteiger partial charge is 0.412 e. The van der Waals surface area contributed by atoms with Crippen LogP contribution < -0.4 is 19.5 Å². The Balaban J connectivity index is 1.58. The van der Waals surface area contributed by atoms with Crippen LogP contribution in [0.15, 0.2) is 71.2 Å². The van der Waals surface area contributed by atoms with Gasteiger partial charge in [-0.3, -0.25) is 10.1 Å². The highest BCUT2D eigenvalue weighted by atomic mass is 79.9. The fourth-order valence-corrected chi connectivity index (χ4v) is 3.81. The summed E-state index contributed by atoms with van der Waals surface area (Å²) in [6.07, 6.45) is -3.14. The van der Waals surface area contributed by atoms with Crippen LogP contribution in [0.4, 0.5) is 19.3 Å². The number of anilines is 1. The van der Waals surface area contributed by atoms with Crippen molar-refractivity contribution in [2.24, 2.45) is 0 Å². The van der Waals surface area contributed by atoms with Crippen LogP contribution in [0.25, 0.3) is 0 Å². The fraction of sp³-hybridized carbons (Fsp3) is 0.167. The number of ether oxygens (including phenoxy) is 4. The van der Waals surface area contributed by atoms with Crippen molar-refractivity contribution < 1.29 is 37.3 Å². The van der Waals surface area contributed by atoms with E-state index in [9.17, 15) is 18.4 Å². The second kappa shape index (κ2) is 10.1. The number of carbonyl (C=O) groups excluding carboxylic acids is 2. The summed E-state index contributed by atoms with van der Waals surface area (Å²) in [6, 6.07) is 17.2. The number of hydrogen-bond acceptors (Lipinski definition) is 6. The second-order valence-corrected chi connectivity index (χ2v) is 8.09. The highest BCUT2D eigenvalue weighted by Gasteiger charge is 2.41. The molecule has 0 saturated heterocycles. The molecule has 176 valence electrons. The summed E-state index contributed by atoms with van der Waals surface area (Å²) in [5.41, 5.74) is 1.10. The Morgan fingerprint density at radius 1 is 1.06 bits per heavy atom. The quantitative estimate of drug-likeness (QED) is 0.418. The molecule has 7 nitrogen and oxygen atoms in total. The maximum absolute atomic E-state index is 13.3. The van der Waals surface area contributed by atoms with Crippen molar-refractivity contribution in [1.29, 1.82) is 0 Å². The van der Waals surface area contributed by atoms with Crippen LogP contribution in [-0.2, 0) is 4.74 Å². The Labute approximate surface area is 201 Å². The summed E-state index contributed by atoms with van der Waals surface area (Å²) in [7, 11) is 1.51. The predicted octanol–water partition coefficient (Wildman–Crippen LogP) is 5.99. The van der Waals surface area contributed by atoms with E-state index in [1.807, 2.05) is 0 Å². The molecule has 2 atom stereocenters. The van der Waals surface area contributed by atoms with E-state index in [-0.39, 0.29) is 17.0 Å². The molecule has 0 radical (unpaired) electrons. The monoisotopic (exact) mass is 533 g/mol. The van der Waals surface area contributed by atoms with E-state index in [1.54, 1.807) is 42.5 Å². The average molecular weight is 534 g/mol. The number of rotatable bonds is 6. The highest BCUT2D eigenvalue weighted by Crippen LogP contribution is 2.38. The molecule has 0 saturated carbocycles. The molecular formula is C24H18BrF2NO6. The SMILES string of the molecule is COc1cccc([C@@H]2Oc3ccc(Br)cc3C(=O)C2OC(=O)Nc2ccc(OC(F)F)cc2)c1. The fourth-order valence-electron chi connectivity index (χ4n) is 3.45. The van der Waals surface area contributed by atoms with Gasteiger partial charge in [-0.1, -0.05) is 28.1 Å². The summed E-state index contributed by atoms with van der Waals surface area (Å²) in [5, 5.41) is 2.47. The molecular weight excluding hydrogens is 516 g/mol. The standard InChI is InChI=1S/C24H18BrF2NO6/c1-31-17-4-2-3-13(11-17)21-22(20(29)18-12-14(25)5-10-19(18)33-21)34-24(30)28-15-6-8-16(9-7-15)32-23(26)27/h2-12,21-23H,1H3,(H,28,30)/t21-,22?/m0/s1. The van der Waals surface area contributed by atoms with Crippen molar-refractivity contribution >= 4 is 33.5 Å². The largest absolute Gasteiger partial charge is 0.497 e. The number of amides is 1. The zero-order valence-corrected chi connectivity index (χ0v) is 19.3. The molecule has 3 aromatic carbocycles. The number of carbonyl (C=O) groups is 2. The molecule has 0 spiro atoms. The summed E-state index contributed by atoms with van der Waals surface area (Å²) in [6.45, 7) is -2.96. The van der Waals surface area contributed by atoms with Gasteiger partial charge in [-0.15, -0.1) is 0 Å². The van der Waals surface area contributed by atoms with E-state index in [0.717, 1.165) is 0 Å². The van der Waals surface area contributed by atoms with Crippen molar-refractivity contribution in [2.45, 2.75) is 18.8 Å². The number of benzene rings is 3. The number of nitrogens with one attached hydrogen (secondary N) is 1. The Morgan fingerprint density at radius 2 is 1.82 bits per heavy atom. The molecule has 0 fully saturated rings. The van der Waals surface area contributed by atoms with Gasteiger partial charge in [0.2, 0.25) is 11.9 Å². The van der Waals surface area contributed by atoms with Gasteiger partial charge in [0, 0.05) is 15.7 Å². The third-order valence-corrected chi connectivity index (χ3v) is 5.47. The molecule has 1 amide bonds. The topological polar surface area (TPSA) is 83.1 Å². The van der Waals surface area contributed by atoms with E-state index in [0.29, 0.717) is 21.5 Å². The minimum absolute atomic E-state index is 0.0648. The first-order valence-corrected chi connectivity index (χ1v) is 10.8. The van der Waals surface area contributed by atoms with Gasteiger partial charge < -0.3 is 18.9 Å². The molecule has 0 aliphatic carbocycles. The molecule has 0 bridgehead atoms. The third-order valence-electron chi connectivity index (χ3n) is 4.98. The highest BCUT2D eigenvalue weighted by molar-refractivity contribution is 9.10. The van der Waals surface area contributed by atoms with Crippen LogP contribution in [0.2, 0.25) is 0 Å². The van der Waals surface area contributed by atoms with Gasteiger partial charge in [-0.25, -0.2) is 4.79 Å². The van der Waals surface area contributed by atoms with Crippen LogP contribution in [0.1, 0.15) is 22.0 Å². The number of ketones is 1. The van der Waals surface area contributed by atoms with Crippen molar-refractivity contribution in [1.82, 2.24) is 0 Å². The normalized spacial score (nSPS) is 16.9. The van der Waals surface area contributed by atoms with E-state index in [2.05, 4.69) is 26.0 Å². The van der Waals surface area contributed by atoms with Gasteiger partial charge in [0.05, 0.1) is 12.7 Å². The Bertz CT molecular complexity index is 1200. The lowest BCUT2D eigenvalue weighted by atomic mass is 9.93. The van der Waals surface area contributed by atoms with E-state index >= 15 is 0 Å². The van der Waals surface area contributed by atoms with Crippen molar-refractivity contribution in [3.8, 4) is 17.2 Å². The van der Waals surface area contributed by atoms with Gasteiger partial charge in [-0.05, 0) is 54.6 Å².